The predicted octanol–water partition coefficient (Wildman–Crippen LogP) is -0.235. The normalized spacial score (nSPS) is 21.8. The summed E-state index contributed by atoms with van der Waals surface area (Å²) in [5.74, 6) is -0.154. The third kappa shape index (κ3) is 2.21. The Kier molecular flexibility index (Phi) is 2.67. The standard InChI is InChI=1S/C10H17N5O/c1-10(2)5-8(10)12-9(16)7-6-15(4-3-11)14-13-7/h6,8H,3-5,11H2,1-2H3,(H,12,16). The molecule has 16 heavy (non-hydrogen) atoms. The van der Waals surface area contributed by atoms with Gasteiger partial charge in [-0.05, 0) is 11.8 Å². The van der Waals surface area contributed by atoms with Crippen LogP contribution in [0.5, 0.6) is 0 Å². The van der Waals surface area contributed by atoms with Gasteiger partial charge in [0.1, 0.15) is 0 Å². The number of nitrogens with zero attached hydrogens (tertiary/aromatic N) is 3. The molecule has 1 aromatic rings. The van der Waals surface area contributed by atoms with E-state index in [2.05, 4.69) is 29.5 Å². The molecule has 1 atom stereocenters. The van der Waals surface area contributed by atoms with Crippen LogP contribution in [0.3, 0.4) is 0 Å². The summed E-state index contributed by atoms with van der Waals surface area (Å²) in [6.45, 7) is 5.32. The van der Waals surface area contributed by atoms with E-state index in [0.717, 1.165) is 6.42 Å². The number of hydrogen-bond donors (Lipinski definition) is 2. The van der Waals surface area contributed by atoms with Crippen molar-refractivity contribution in [1.82, 2.24) is 20.3 Å². The zero-order valence-corrected chi connectivity index (χ0v) is 9.60. The number of nitrogens with two attached hydrogens (primary N) is 1. The molecule has 0 radical (unpaired) electrons. The van der Waals surface area contributed by atoms with E-state index in [4.69, 9.17) is 5.73 Å². The van der Waals surface area contributed by atoms with Crippen molar-refractivity contribution < 1.29 is 4.79 Å². The number of aromatic nitrogens is 3. The molecule has 88 valence electrons. The quantitative estimate of drug-likeness (QED) is 0.738. The molecule has 0 saturated heterocycles. The highest BCUT2D eigenvalue weighted by atomic mass is 16.2. The third-order valence-electron chi connectivity index (χ3n) is 2.95. The van der Waals surface area contributed by atoms with Crippen molar-refractivity contribution >= 4 is 5.91 Å². The number of amides is 1. The summed E-state index contributed by atoms with van der Waals surface area (Å²) in [6.07, 6.45) is 2.65. The van der Waals surface area contributed by atoms with E-state index in [1.54, 1.807) is 10.9 Å². The van der Waals surface area contributed by atoms with Gasteiger partial charge in [0.25, 0.3) is 5.91 Å². The average Bonchev–Trinajstić information content (AvgIpc) is 2.66. The number of carbonyl (C=O) groups is 1. The third-order valence-corrected chi connectivity index (χ3v) is 2.95. The minimum atomic E-state index is -0.154. The molecule has 1 fully saturated rings. The highest BCUT2D eigenvalue weighted by Crippen LogP contribution is 2.44. The fraction of sp³-hybridized carbons (Fsp3) is 0.700. The first-order valence-corrected chi connectivity index (χ1v) is 5.44. The van der Waals surface area contributed by atoms with Gasteiger partial charge in [0.2, 0.25) is 0 Å². The van der Waals surface area contributed by atoms with Gasteiger partial charge in [-0.25, -0.2) is 0 Å². The largest absolute Gasteiger partial charge is 0.347 e. The molecule has 0 spiro atoms. The summed E-state index contributed by atoms with van der Waals surface area (Å²) >= 11 is 0. The fourth-order valence-electron chi connectivity index (χ4n) is 1.59. The molecule has 0 aromatic carbocycles. The number of hydrogen-bond acceptors (Lipinski definition) is 4. The molecule has 1 aliphatic rings. The first-order valence-electron chi connectivity index (χ1n) is 5.44. The van der Waals surface area contributed by atoms with Crippen LogP contribution in [0.25, 0.3) is 0 Å². The van der Waals surface area contributed by atoms with Crippen molar-refractivity contribution in [3.8, 4) is 0 Å². The van der Waals surface area contributed by atoms with Crippen molar-refractivity contribution in [2.45, 2.75) is 32.9 Å². The van der Waals surface area contributed by atoms with Crippen LogP contribution in [0.1, 0.15) is 30.8 Å². The zero-order chi connectivity index (χ0) is 11.8. The highest BCUT2D eigenvalue weighted by molar-refractivity contribution is 5.92. The lowest BCUT2D eigenvalue weighted by atomic mass is 10.2. The molecule has 1 amide bonds. The van der Waals surface area contributed by atoms with E-state index in [-0.39, 0.29) is 17.4 Å². The second-order valence-electron chi connectivity index (χ2n) is 4.87. The number of rotatable bonds is 4. The summed E-state index contributed by atoms with van der Waals surface area (Å²) in [7, 11) is 0. The summed E-state index contributed by atoms with van der Waals surface area (Å²) in [5, 5.41) is 10.6. The molecule has 1 heterocycles. The Labute approximate surface area is 94.2 Å². The molecular formula is C10H17N5O. The molecule has 0 bridgehead atoms. The smallest absolute Gasteiger partial charge is 0.273 e. The van der Waals surface area contributed by atoms with Crippen molar-refractivity contribution in [1.29, 1.82) is 0 Å². The maximum absolute atomic E-state index is 11.7. The topological polar surface area (TPSA) is 85.8 Å². The minimum Gasteiger partial charge on any atom is -0.347 e. The van der Waals surface area contributed by atoms with Crippen LogP contribution >= 0.6 is 0 Å². The summed E-state index contributed by atoms with van der Waals surface area (Å²) in [5.41, 5.74) is 5.97. The molecule has 1 unspecified atom stereocenters. The predicted molar refractivity (Wildman–Crippen MR) is 58.7 cm³/mol. The van der Waals surface area contributed by atoms with Gasteiger partial charge in [-0.2, -0.15) is 0 Å². The molecule has 6 nitrogen and oxygen atoms in total. The van der Waals surface area contributed by atoms with E-state index in [9.17, 15) is 4.79 Å². The molecule has 2 rings (SSSR count). The van der Waals surface area contributed by atoms with E-state index >= 15 is 0 Å². The average molecular weight is 223 g/mol. The van der Waals surface area contributed by atoms with Gasteiger partial charge < -0.3 is 11.1 Å². The lowest BCUT2D eigenvalue weighted by Crippen LogP contribution is -2.28. The summed E-state index contributed by atoms with van der Waals surface area (Å²) in [4.78, 5) is 11.7. The van der Waals surface area contributed by atoms with Crippen molar-refractivity contribution in [3.05, 3.63) is 11.9 Å². The Morgan fingerprint density at radius 1 is 1.75 bits per heavy atom. The van der Waals surface area contributed by atoms with Gasteiger partial charge in [-0.1, -0.05) is 19.1 Å². The fourth-order valence-corrected chi connectivity index (χ4v) is 1.59. The maximum atomic E-state index is 11.7. The molecule has 6 heteroatoms. The van der Waals surface area contributed by atoms with Crippen LogP contribution < -0.4 is 11.1 Å². The van der Waals surface area contributed by atoms with Crippen LogP contribution in [0.2, 0.25) is 0 Å². The van der Waals surface area contributed by atoms with Crippen molar-refractivity contribution in [2.24, 2.45) is 11.1 Å². The maximum Gasteiger partial charge on any atom is 0.273 e. The van der Waals surface area contributed by atoms with Crippen LogP contribution in [0.4, 0.5) is 0 Å². The van der Waals surface area contributed by atoms with Gasteiger partial charge in [0, 0.05) is 12.6 Å². The van der Waals surface area contributed by atoms with Crippen LogP contribution in [-0.4, -0.2) is 33.5 Å². The van der Waals surface area contributed by atoms with Crippen LogP contribution in [0, 0.1) is 5.41 Å². The second-order valence-corrected chi connectivity index (χ2v) is 4.87. The van der Waals surface area contributed by atoms with Gasteiger partial charge in [-0.3, -0.25) is 9.48 Å². The monoisotopic (exact) mass is 223 g/mol. The van der Waals surface area contributed by atoms with Gasteiger partial charge in [0.15, 0.2) is 5.69 Å². The van der Waals surface area contributed by atoms with Gasteiger partial charge >= 0.3 is 0 Å². The SMILES string of the molecule is CC1(C)CC1NC(=O)c1cn(CCN)nn1. The first-order chi connectivity index (χ1) is 7.53. The summed E-state index contributed by atoms with van der Waals surface area (Å²) < 4.78 is 1.58. The number of nitrogens with one attached hydrogen (secondary N) is 1. The number of carbonyl (C=O) groups excluding carboxylic acids is 1. The zero-order valence-electron chi connectivity index (χ0n) is 9.60. The Bertz CT molecular complexity index is 398. The lowest BCUT2D eigenvalue weighted by Gasteiger charge is -2.03. The van der Waals surface area contributed by atoms with Gasteiger partial charge in [-0.15, -0.1) is 5.10 Å². The minimum absolute atomic E-state index is 0.154. The van der Waals surface area contributed by atoms with Crippen molar-refractivity contribution in [2.75, 3.05) is 6.54 Å². The molecule has 1 saturated carbocycles. The highest BCUT2D eigenvalue weighted by Gasteiger charge is 2.46. The van der Waals surface area contributed by atoms with E-state index in [1.807, 2.05) is 0 Å². The van der Waals surface area contributed by atoms with E-state index < -0.39 is 0 Å². The Hall–Kier alpha value is -1.43. The molecule has 1 aromatic heterocycles. The molecule has 1 aliphatic carbocycles. The Morgan fingerprint density at radius 2 is 2.44 bits per heavy atom. The van der Waals surface area contributed by atoms with E-state index in [1.165, 1.54) is 0 Å². The van der Waals surface area contributed by atoms with E-state index in [0.29, 0.717) is 18.8 Å². The summed E-state index contributed by atoms with van der Waals surface area (Å²) in [6, 6.07) is 0.264. The Balaban J connectivity index is 1.93. The second kappa shape index (κ2) is 3.86. The molecular weight excluding hydrogens is 206 g/mol. The van der Waals surface area contributed by atoms with Gasteiger partial charge in [0.05, 0.1) is 12.7 Å². The lowest BCUT2D eigenvalue weighted by molar-refractivity contribution is 0.0941. The first kappa shape index (κ1) is 11.1. The van der Waals surface area contributed by atoms with Crippen molar-refractivity contribution in [3.63, 3.8) is 0 Å². The Morgan fingerprint density at radius 3 is 3.00 bits per heavy atom. The van der Waals surface area contributed by atoms with Crippen LogP contribution in [0.15, 0.2) is 6.20 Å². The van der Waals surface area contributed by atoms with Crippen LogP contribution in [-0.2, 0) is 6.54 Å². The molecule has 0 aliphatic heterocycles. The molecule has 3 N–H and O–H groups in total.